The van der Waals surface area contributed by atoms with Gasteiger partial charge >= 0.3 is 0 Å². The molecular formula is C10H6FIN2. The van der Waals surface area contributed by atoms with Gasteiger partial charge in [-0.25, -0.2) is 9.97 Å². The minimum absolute atomic E-state index is 0.294. The van der Waals surface area contributed by atoms with Gasteiger partial charge < -0.3 is 0 Å². The highest BCUT2D eigenvalue weighted by molar-refractivity contribution is 14.1. The van der Waals surface area contributed by atoms with E-state index in [2.05, 4.69) is 9.97 Å². The van der Waals surface area contributed by atoms with E-state index in [1.807, 2.05) is 52.9 Å². The zero-order chi connectivity index (χ0) is 9.97. The lowest BCUT2D eigenvalue weighted by molar-refractivity contribution is 0.568. The molecule has 1 aromatic heterocycles. The first-order valence-corrected chi connectivity index (χ1v) is 5.09. The van der Waals surface area contributed by atoms with Crippen LogP contribution >= 0.6 is 22.6 Å². The molecule has 2 aromatic rings. The number of benzene rings is 1. The van der Waals surface area contributed by atoms with Gasteiger partial charge in [-0.3, -0.25) is 0 Å². The van der Waals surface area contributed by atoms with Gasteiger partial charge in [-0.15, -0.1) is 0 Å². The third-order valence-electron chi connectivity index (χ3n) is 1.76. The second-order valence-corrected chi connectivity index (χ2v) is 3.72. The summed E-state index contributed by atoms with van der Waals surface area (Å²) >= 11 is 1.81. The molecule has 0 fully saturated rings. The number of nitrogens with zero attached hydrogens (tertiary/aromatic N) is 2. The molecule has 0 unspecified atom stereocenters. The summed E-state index contributed by atoms with van der Waals surface area (Å²) < 4.78 is 13.4. The molecule has 14 heavy (non-hydrogen) atoms. The van der Waals surface area contributed by atoms with E-state index in [1.54, 1.807) is 6.20 Å². The second-order valence-electron chi connectivity index (χ2n) is 2.70. The van der Waals surface area contributed by atoms with Crippen molar-refractivity contribution in [2.75, 3.05) is 0 Å². The maximum atomic E-state index is 13.1. The predicted molar refractivity (Wildman–Crippen MR) is 60.1 cm³/mol. The third-order valence-corrected chi connectivity index (χ3v) is 2.48. The number of rotatable bonds is 1. The van der Waals surface area contributed by atoms with E-state index in [0.29, 0.717) is 9.39 Å². The summed E-state index contributed by atoms with van der Waals surface area (Å²) in [6.45, 7) is 0. The maximum Gasteiger partial charge on any atom is 0.245 e. The summed E-state index contributed by atoms with van der Waals surface area (Å²) in [5.74, 6) is -0.521. The van der Waals surface area contributed by atoms with Crippen molar-refractivity contribution in [1.29, 1.82) is 0 Å². The van der Waals surface area contributed by atoms with Crippen LogP contribution in [0.3, 0.4) is 0 Å². The molecule has 1 heterocycles. The van der Waals surface area contributed by atoms with E-state index in [1.165, 1.54) is 0 Å². The van der Waals surface area contributed by atoms with E-state index >= 15 is 0 Å². The Labute approximate surface area is 94.4 Å². The molecule has 0 saturated heterocycles. The molecule has 0 aliphatic carbocycles. The Hall–Kier alpha value is -1.04. The lowest BCUT2D eigenvalue weighted by Crippen LogP contribution is -1.94. The van der Waals surface area contributed by atoms with Crippen LogP contribution < -0.4 is 0 Å². The first-order valence-electron chi connectivity index (χ1n) is 4.01. The summed E-state index contributed by atoms with van der Waals surface area (Å²) in [6, 6.07) is 9.41. The van der Waals surface area contributed by atoms with Gasteiger partial charge in [-0.1, -0.05) is 30.3 Å². The Morgan fingerprint density at radius 2 is 1.86 bits per heavy atom. The number of aromatic nitrogens is 2. The monoisotopic (exact) mass is 300 g/mol. The van der Waals surface area contributed by atoms with Gasteiger partial charge in [0.05, 0.1) is 11.9 Å². The summed E-state index contributed by atoms with van der Waals surface area (Å²) in [5.41, 5.74) is 1.43. The van der Waals surface area contributed by atoms with Crippen molar-refractivity contribution in [3.63, 3.8) is 0 Å². The van der Waals surface area contributed by atoms with Gasteiger partial charge in [0.2, 0.25) is 5.95 Å². The molecule has 0 spiro atoms. The molecule has 70 valence electrons. The summed E-state index contributed by atoms with van der Waals surface area (Å²) in [7, 11) is 0. The SMILES string of the molecule is Fc1nc(-c2ccccc2)cnc1I. The predicted octanol–water partition coefficient (Wildman–Crippen LogP) is 2.89. The first-order chi connectivity index (χ1) is 6.77. The lowest BCUT2D eigenvalue weighted by Gasteiger charge is -2.00. The fraction of sp³-hybridized carbons (Fsp3) is 0. The molecule has 4 heteroatoms. The van der Waals surface area contributed by atoms with Crippen molar-refractivity contribution in [3.8, 4) is 11.3 Å². The van der Waals surface area contributed by atoms with Crippen molar-refractivity contribution >= 4 is 22.6 Å². The minimum Gasteiger partial charge on any atom is -0.243 e. The molecule has 0 aliphatic rings. The van der Waals surface area contributed by atoms with Crippen molar-refractivity contribution in [1.82, 2.24) is 9.97 Å². The number of hydrogen-bond donors (Lipinski definition) is 0. The molecule has 0 N–H and O–H groups in total. The van der Waals surface area contributed by atoms with Crippen molar-refractivity contribution < 1.29 is 4.39 Å². The van der Waals surface area contributed by atoms with Crippen LogP contribution in [-0.4, -0.2) is 9.97 Å². The fourth-order valence-corrected chi connectivity index (χ4v) is 1.36. The van der Waals surface area contributed by atoms with Gasteiger partial charge in [-0.2, -0.15) is 4.39 Å². The van der Waals surface area contributed by atoms with Crippen LogP contribution in [0.1, 0.15) is 0 Å². The molecule has 0 radical (unpaired) electrons. The zero-order valence-electron chi connectivity index (χ0n) is 7.11. The zero-order valence-corrected chi connectivity index (χ0v) is 9.27. The van der Waals surface area contributed by atoms with E-state index in [-0.39, 0.29) is 0 Å². The van der Waals surface area contributed by atoms with E-state index in [0.717, 1.165) is 5.56 Å². The Morgan fingerprint density at radius 1 is 1.14 bits per heavy atom. The van der Waals surface area contributed by atoms with Crippen LogP contribution in [0.4, 0.5) is 4.39 Å². The quantitative estimate of drug-likeness (QED) is 0.757. The molecule has 0 saturated carbocycles. The van der Waals surface area contributed by atoms with Gasteiger partial charge in [0.15, 0.2) is 3.70 Å². The second kappa shape index (κ2) is 4.00. The molecule has 1 aromatic carbocycles. The van der Waals surface area contributed by atoms with E-state index in [9.17, 15) is 4.39 Å². The minimum atomic E-state index is -0.521. The molecule has 0 amide bonds. The average Bonchev–Trinajstić information content (AvgIpc) is 2.23. The first kappa shape index (κ1) is 9.51. The van der Waals surface area contributed by atoms with Gasteiger partial charge in [0.1, 0.15) is 0 Å². The van der Waals surface area contributed by atoms with Gasteiger partial charge in [0, 0.05) is 5.56 Å². The summed E-state index contributed by atoms with van der Waals surface area (Å²) in [5, 5.41) is 0. The van der Waals surface area contributed by atoms with Crippen LogP contribution in [0.5, 0.6) is 0 Å². The van der Waals surface area contributed by atoms with E-state index in [4.69, 9.17) is 0 Å². The van der Waals surface area contributed by atoms with Crippen molar-refractivity contribution in [3.05, 3.63) is 46.2 Å². The topological polar surface area (TPSA) is 25.8 Å². The highest BCUT2D eigenvalue weighted by Crippen LogP contribution is 2.16. The van der Waals surface area contributed by atoms with Crippen LogP contribution in [0.15, 0.2) is 36.5 Å². The molecule has 0 bridgehead atoms. The lowest BCUT2D eigenvalue weighted by atomic mass is 10.2. The Morgan fingerprint density at radius 3 is 2.50 bits per heavy atom. The van der Waals surface area contributed by atoms with Gasteiger partial charge in [0.25, 0.3) is 0 Å². The Kier molecular flexibility index (Phi) is 2.72. The molecule has 2 nitrogen and oxygen atoms in total. The van der Waals surface area contributed by atoms with Crippen LogP contribution in [-0.2, 0) is 0 Å². The van der Waals surface area contributed by atoms with Crippen molar-refractivity contribution in [2.24, 2.45) is 0 Å². The smallest absolute Gasteiger partial charge is 0.243 e. The standard InChI is InChI=1S/C10H6FIN2/c11-9-10(12)13-6-8(14-9)7-4-2-1-3-5-7/h1-6H. The van der Waals surface area contributed by atoms with Gasteiger partial charge in [-0.05, 0) is 22.6 Å². The Bertz CT molecular complexity index is 445. The highest BCUT2D eigenvalue weighted by Gasteiger charge is 2.04. The van der Waals surface area contributed by atoms with Crippen LogP contribution in [0.2, 0.25) is 0 Å². The molecular weight excluding hydrogens is 294 g/mol. The molecule has 2 rings (SSSR count). The fourth-order valence-electron chi connectivity index (χ4n) is 1.10. The average molecular weight is 300 g/mol. The van der Waals surface area contributed by atoms with Crippen LogP contribution in [0.25, 0.3) is 11.3 Å². The normalized spacial score (nSPS) is 10.1. The maximum absolute atomic E-state index is 13.1. The largest absolute Gasteiger partial charge is 0.245 e. The molecule has 0 aliphatic heterocycles. The number of halogens is 2. The number of hydrogen-bond acceptors (Lipinski definition) is 2. The van der Waals surface area contributed by atoms with Crippen molar-refractivity contribution in [2.45, 2.75) is 0 Å². The highest BCUT2D eigenvalue weighted by atomic mass is 127. The molecule has 0 atom stereocenters. The third kappa shape index (κ3) is 1.89. The summed E-state index contributed by atoms with van der Waals surface area (Å²) in [6.07, 6.45) is 1.57. The Balaban J connectivity index is 2.48. The van der Waals surface area contributed by atoms with Crippen LogP contribution in [0, 0.1) is 9.65 Å². The van der Waals surface area contributed by atoms with E-state index < -0.39 is 5.95 Å². The summed E-state index contributed by atoms with van der Waals surface area (Å²) in [4.78, 5) is 7.71.